The molecule has 2 heterocycles. The van der Waals surface area contributed by atoms with Crippen molar-refractivity contribution in [2.45, 2.75) is 9.92 Å². The molecule has 1 aromatic heterocycles. The van der Waals surface area contributed by atoms with E-state index in [1.807, 2.05) is 17.9 Å². The SMILES string of the molecule is Cn1cc2c(n1)SNS2. The van der Waals surface area contributed by atoms with Crippen molar-refractivity contribution in [3.63, 3.8) is 0 Å². The van der Waals surface area contributed by atoms with Crippen molar-refractivity contribution >= 4 is 23.9 Å². The minimum atomic E-state index is 1.09. The largest absolute Gasteiger partial charge is 0.273 e. The number of aryl methyl sites for hydroxylation is 1. The molecule has 0 bridgehead atoms. The molecule has 1 aliphatic heterocycles. The number of rotatable bonds is 0. The summed E-state index contributed by atoms with van der Waals surface area (Å²) in [6.07, 6.45) is 2.01. The van der Waals surface area contributed by atoms with Crippen molar-refractivity contribution in [3.8, 4) is 0 Å². The molecule has 5 heteroatoms. The van der Waals surface area contributed by atoms with Crippen LogP contribution in [0.3, 0.4) is 0 Å². The lowest BCUT2D eigenvalue weighted by molar-refractivity contribution is 0.738. The van der Waals surface area contributed by atoms with E-state index in [1.165, 1.54) is 4.90 Å². The third kappa shape index (κ3) is 0.849. The predicted octanol–water partition coefficient (Wildman–Crippen LogP) is 1.04. The topological polar surface area (TPSA) is 29.9 Å². The Bertz CT molecular complexity index is 210. The van der Waals surface area contributed by atoms with Crippen LogP contribution in [0.4, 0.5) is 0 Å². The van der Waals surface area contributed by atoms with Crippen LogP contribution in [0.15, 0.2) is 16.1 Å². The van der Waals surface area contributed by atoms with Crippen molar-refractivity contribution in [1.29, 1.82) is 0 Å². The third-order valence-electron chi connectivity index (χ3n) is 1.05. The predicted molar refractivity (Wildman–Crippen MR) is 38.1 cm³/mol. The van der Waals surface area contributed by atoms with Crippen molar-refractivity contribution in [2.75, 3.05) is 0 Å². The highest BCUT2D eigenvalue weighted by atomic mass is 32.2. The van der Waals surface area contributed by atoms with E-state index in [1.54, 1.807) is 23.9 Å². The van der Waals surface area contributed by atoms with Crippen LogP contribution in [0.1, 0.15) is 0 Å². The van der Waals surface area contributed by atoms with Gasteiger partial charge in [0.25, 0.3) is 0 Å². The number of hydrogen-bond acceptors (Lipinski definition) is 4. The van der Waals surface area contributed by atoms with E-state index in [2.05, 4.69) is 9.23 Å². The van der Waals surface area contributed by atoms with Gasteiger partial charge in [0.2, 0.25) is 0 Å². The molecule has 1 aromatic rings. The summed E-state index contributed by atoms with van der Waals surface area (Å²) in [5.41, 5.74) is 0. The number of nitrogens with zero attached hydrogens (tertiary/aromatic N) is 2. The Morgan fingerprint density at radius 1 is 1.67 bits per heavy atom. The second-order valence-electron chi connectivity index (χ2n) is 1.76. The van der Waals surface area contributed by atoms with Crippen molar-refractivity contribution in [3.05, 3.63) is 6.20 Å². The van der Waals surface area contributed by atoms with Gasteiger partial charge in [0.05, 0.1) is 4.90 Å². The molecule has 2 rings (SSSR count). The highest BCUT2D eigenvalue weighted by Gasteiger charge is 2.14. The lowest BCUT2D eigenvalue weighted by Crippen LogP contribution is -1.88. The van der Waals surface area contributed by atoms with Crippen LogP contribution in [0.25, 0.3) is 0 Å². The zero-order valence-electron chi connectivity index (χ0n) is 4.79. The minimum absolute atomic E-state index is 1.09. The third-order valence-corrected chi connectivity index (χ3v) is 2.86. The molecule has 0 unspecified atom stereocenters. The van der Waals surface area contributed by atoms with Crippen LogP contribution in [-0.2, 0) is 7.05 Å². The summed E-state index contributed by atoms with van der Waals surface area (Å²) in [7, 11) is 1.93. The lowest BCUT2D eigenvalue weighted by Gasteiger charge is -1.86. The van der Waals surface area contributed by atoms with E-state index in [4.69, 9.17) is 0 Å². The molecule has 0 saturated heterocycles. The van der Waals surface area contributed by atoms with Gasteiger partial charge in [-0.15, -0.1) is 0 Å². The fourth-order valence-electron chi connectivity index (χ4n) is 0.692. The zero-order valence-corrected chi connectivity index (χ0v) is 6.42. The second-order valence-corrected chi connectivity index (χ2v) is 3.66. The molecule has 0 atom stereocenters. The summed E-state index contributed by atoms with van der Waals surface area (Å²) in [6.45, 7) is 0. The monoisotopic (exact) mass is 159 g/mol. The Morgan fingerprint density at radius 3 is 3.33 bits per heavy atom. The summed E-state index contributed by atoms with van der Waals surface area (Å²) in [6, 6.07) is 0. The molecular weight excluding hydrogens is 154 g/mol. The molecule has 3 nitrogen and oxygen atoms in total. The minimum Gasteiger partial charge on any atom is -0.273 e. The van der Waals surface area contributed by atoms with Gasteiger partial charge in [-0.1, -0.05) is 0 Å². The van der Waals surface area contributed by atoms with Gasteiger partial charge in [-0.2, -0.15) is 9.23 Å². The number of fused-ring (bicyclic) bond motifs is 1. The van der Waals surface area contributed by atoms with Gasteiger partial charge in [-0.25, -0.2) is 0 Å². The quantitative estimate of drug-likeness (QED) is 0.573. The highest BCUT2D eigenvalue weighted by molar-refractivity contribution is 8.15. The van der Waals surface area contributed by atoms with Gasteiger partial charge in [-0.3, -0.25) is 4.68 Å². The molecule has 0 aromatic carbocycles. The van der Waals surface area contributed by atoms with Crippen LogP contribution in [0.2, 0.25) is 0 Å². The summed E-state index contributed by atoms with van der Waals surface area (Å²) in [5.74, 6) is 0. The van der Waals surface area contributed by atoms with Gasteiger partial charge >= 0.3 is 0 Å². The van der Waals surface area contributed by atoms with Crippen LogP contribution in [0.5, 0.6) is 0 Å². The first-order valence-corrected chi connectivity index (χ1v) is 4.12. The Hall–Kier alpha value is -0.130. The molecule has 0 aliphatic carbocycles. The first-order valence-electron chi connectivity index (χ1n) is 2.48. The van der Waals surface area contributed by atoms with Crippen LogP contribution in [0, 0.1) is 0 Å². The van der Waals surface area contributed by atoms with E-state index < -0.39 is 0 Å². The maximum atomic E-state index is 4.19. The maximum absolute atomic E-state index is 4.19. The number of nitrogens with one attached hydrogen (secondary N) is 1. The molecule has 1 aliphatic rings. The van der Waals surface area contributed by atoms with Gasteiger partial charge in [0.15, 0.2) is 0 Å². The van der Waals surface area contributed by atoms with E-state index in [-0.39, 0.29) is 0 Å². The second kappa shape index (κ2) is 1.93. The van der Waals surface area contributed by atoms with Crippen molar-refractivity contribution in [2.24, 2.45) is 7.05 Å². The van der Waals surface area contributed by atoms with E-state index >= 15 is 0 Å². The molecule has 9 heavy (non-hydrogen) atoms. The van der Waals surface area contributed by atoms with E-state index in [0.29, 0.717) is 0 Å². The van der Waals surface area contributed by atoms with Gasteiger partial charge in [0, 0.05) is 13.2 Å². The average molecular weight is 159 g/mol. The van der Waals surface area contributed by atoms with Crippen molar-refractivity contribution < 1.29 is 0 Å². The number of aromatic nitrogens is 2. The smallest absolute Gasteiger partial charge is 0.149 e. The molecule has 1 N–H and O–H groups in total. The first-order chi connectivity index (χ1) is 4.36. The van der Waals surface area contributed by atoms with E-state index in [0.717, 1.165) is 5.03 Å². The van der Waals surface area contributed by atoms with Crippen LogP contribution < -0.4 is 4.13 Å². The summed E-state index contributed by atoms with van der Waals surface area (Å²) in [5, 5.41) is 5.27. The van der Waals surface area contributed by atoms with Crippen LogP contribution in [-0.4, -0.2) is 9.78 Å². The van der Waals surface area contributed by atoms with Crippen molar-refractivity contribution in [1.82, 2.24) is 13.9 Å². The normalized spacial score (nSPS) is 16.1. The summed E-state index contributed by atoms with van der Waals surface area (Å²) >= 11 is 3.19. The number of hydrogen-bond donors (Lipinski definition) is 1. The zero-order chi connectivity index (χ0) is 6.27. The molecule has 0 spiro atoms. The molecular formula is C4H5N3S2. The molecule has 0 fully saturated rings. The standard InChI is InChI=1S/C4H5N3S2/c1-7-2-3-4(5-7)9-6-8-3/h2,6H,1H3. The van der Waals surface area contributed by atoms with E-state index in [9.17, 15) is 0 Å². The van der Waals surface area contributed by atoms with Gasteiger partial charge in [0.1, 0.15) is 5.03 Å². The lowest BCUT2D eigenvalue weighted by atomic mass is 10.7. The summed E-state index contributed by atoms with van der Waals surface area (Å²) < 4.78 is 4.88. The summed E-state index contributed by atoms with van der Waals surface area (Å²) in [4.78, 5) is 1.22. The maximum Gasteiger partial charge on any atom is 0.149 e. The Balaban J connectivity index is 2.51. The molecule has 0 radical (unpaired) electrons. The fourth-order valence-corrected chi connectivity index (χ4v) is 2.44. The molecule has 0 saturated carbocycles. The van der Waals surface area contributed by atoms with Crippen LogP contribution >= 0.6 is 23.9 Å². The Kier molecular flexibility index (Phi) is 1.21. The van der Waals surface area contributed by atoms with Gasteiger partial charge in [-0.05, 0) is 23.9 Å². The average Bonchev–Trinajstić information content (AvgIpc) is 2.22. The Morgan fingerprint density at radius 2 is 2.56 bits per heavy atom. The molecule has 0 amide bonds. The van der Waals surface area contributed by atoms with Gasteiger partial charge < -0.3 is 0 Å². The molecule has 48 valence electrons. The first kappa shape index (κ1) is 5.64. The highest BCUT2D eigenvalue weighted by Crippen LogP contribution is 2.34. The fraction of sp³-hybridized carbons (Fsp3) is 0.250. The Labute approximate surface area is 61.5 Å².